The third kappa shape index (κ3) is 7.02. The van der Waals surface area contributed by atoms with E-state index in [2.05, 4.69) is 21.7 Å². The Kier molecular flexibility index (Phi) is 7.72. The molecule has 3 aromatic rings. The molecule has 186 valence electrons. The molecule has 0 radical (unpaired) electrons. The summed E-state index contributed by atoms with van der Waals surface area (Å²) in [6.45, 7) is 5.35. The minimum absolute atomic E-state index is 0.0439. The van der Waals surface area contributed by atoms with Crippen LogP contribution in [0.2, 0.25) is 0 Å². The number of amides is 1. The van der Waals surface area contributed by atoms with Gasteiger partial charge < -0.3 is 15.4 Å². The van der Waals surface area contributed by atoms with Gasteiger partial charge in [0, 0.05) is 35.1 Å². The predicted molar refractivity (Wildman–Crippen MR) is 140 cm³/mol. The summed E-state index contributed by atoms with van der Waals surface area (Å²) >= 11 is 0. The van der Waals surface area contributed by atoms with Gasteiger partial charge in [0.2, 0.25) is 0 Å². The van der Waals surface area contributed by atoms with Crippen molar-refractivity contribution >= 4 is 32.3 Å². The smallest absolute Gasteiger partial charge is 0.255 e. The molecule has 1 fully saturated rings. The van der Waals surface area contributed by atoms with Crippen LogP contribution in [0.4, 0.5) is 5.69 Å². The first-order valence-corrected chi connectivity index (χ1v) is 14.1. The van der Waals surface area contributed by atoms with Crippen LogP contribution in [0, 0.1) is 12.8 Å². The Bertz CT molecular complexity index is 1300. The number of aryl methyl sites for hydroxylation is 1. The molecule has 8 heteroatoms. The van der Waals surface area contributed by atoms with Crippen LogP contribution in [0.5, 0.6) is 5.75 Å². The van der Waals surface area contributed by atoms with Crippen LogP contribution in [0.15, 0.2) is 48.7 Å². The maximum absolute atomic E-state index is 12.8. The van der Waals surface area contributed by atoms with E-state index in [-0.39, 0.29) is 17.7 Å². The Balaban J connectivity index is 1.39. The lowest BCUT2D eigenvalue weighted by Crippen LogP contribution is -2.22. The van der Waals surface area contributed by atoms with Crippen LogP contribution in [0.1, 0.15) is 53.7 Å². The third-order valence-corrected chi connectivity index (χ3v) is 7.35. The number of benzene rings is 2. The van der Waals surface area contributed by atoms with Gasteiger partial charge in [0.15, 0.2) is 0 Å². The summed E-state index contributed by atoms with van der Waals surface area (Å²) in [6, 6.07) is 13.2. The molecule has 2 N–H and O–H groups in total. The summed E-state index contributed by atoms with van der Waals surface area (Å²) in [5.74, 6) is 1.47. The minimum atomic E-state index is -2.94. The molecule has 1 aliphatic rings. The number of sulfone groups is 1. The fourth-order valence-corrected chi connectivity index (χ4v) is 4.57. The molecule has 0 spiro atoms. The van der Waals surface area contributed by atoms with E-state index >= 15 is 0 Å². The molecule has 1 amide bonds. The van der Waals surface area contributed by atoms with Gasteiger partial charge in [0.1, 0.15) is 15.6 Å². The highest BCUT2D eigenvalue weighted by molar-refractivity contribution is 7.90. The lowest BCUT2D eigenvalue weighted by molar-refractivity contribution is 0.102. The first kappa shape index (κ1) is 25.1. The largest absolute Gasteiger partial charge is 0.493 e. The van der Waals surface area contributed by atoms with E-state index in [1.54, 1.807) is 12.1 Å². The number of hydrogen-bond acceptors (Lipinski definition) is 6. The Morgan fingerprint density at radius 3 is 2.60 bits per heavy atom. The predicted octanol–water partition coefficient (Wildman–Crippen LogP) is 4.67. The summed E-state index contributed by atoms with van der Waals surface area (Å²) < 4.78 is 28.3. The molecular formula is C27H33N3O4S. The monoisotopic (exact) mass is 495 g/mol. The molecule has 0 aliphatic heterocycles. The highest BCUT2D eigenvalue weighted by Crippen LogP contribution is 2.30. The molecule has 1 aliphatic carbocycles. The first-order chi connectivity index (χ1) is 16.7. The van der Waals surface area contributed by atoms with E-state index in [0.29, 0.717) is 24.4 Å². The van der Waals surface area contributed by atoms with Gasteiger partial charge >= 0.3 is 0 Å². The number of anilines is 1. The van der Waals surface area contributed by atoms with E-state index in [0.717, 1.165) is 40.1 Å². The second-order valence-electron chi connectivity index (χ2n) is 9.47. The summed E-state index contributed by atoms with van der Waals surface area (Å²) in [5.41, 5.74) is 4.06. The van der Waals surface area contributed by atoms with Crippen LogP contribution in [-0.4, -0.2) is 44.5 Å². The zero-order valence-electron chi connectivity index (χ0n) is 20.5. The van der Waals surface area contributed by atoms with Crippen LogP contribution in [-0.2, 0) is 9.84 Å². The molecule has 0 saturated heterocycles. The van der Waals surface area contributed by atoms with E-state index in [1.165, 1.54) is 19.1 Å². The number of carbonyl (C=O) groups is 1. The van der Waals surface area contributed by atoms with Crippen LogP contribution in [0.3, 0.4) is 0 Å². The maximum Gasteiger partial charge on any atom is 0.255 e. The number of carbonyl (C=O) groups excluding carboxylic acids is 1. The lowest BCUT2D eigenvalue weighted by Gasteiger charge is -2.16. The number of hydrogen-bond donors (Lipinski definition) is 2. The Hall–Kier alpha value is -2.97. The van der Waals surface area contributed by atoms with Crippen molar-refractivity contribution in [3.63, 3.8) is 0 Å². The number of rotatable bonds is 11. The third-order valence-electron chi connectivity index (χ3n) is 6.32. The molecule has 1 saturated carbocycles. The zero-order valence-corrected chi connectivity index (χ0v) is 21.3. The Labute approximate surface area is 207 Å². The average molecular weight is 496 g/mol. The van der Waals surface area contributed by atoms with Crippen molar-refractivity contribution < 1.29 is 17.9 Å². The Morgan fingerprint density at radius 2 is 1.91 bits per heavy atom. The van der Waals surface area contributed by atoms with Crippen molar-refractivity contribution in [1.82, 2.24) is 10.3 Å². The number of pyridine rings is 1. The fraction of sp³-hybridized carbons (Fsp3) is 0.407. The molecule has 1 unspecified atom stereocenters. The minimum Gasteiger partial charge on any atom is -0.493 e. The molecule has 1 aromatic heterocycles. The van der Waals surface area contributed by atoms with Gasteiger partial charge in [-0.15, -0.1) is 0 Å². The molecule has 2 aromatic carbocycles. The van der Waals surface area contributed by atoms with E-state index in [9.17, 15) is 13.2 Å². The van der Waals surface area contributed by atoms with E-state index in [1.807, 2.05) is 44.3 Å². The quantitative estimate of drug-likeness (QED) is 0.375. The van der Waals surface area contributed by atoms with Crippen LogP contribution >= 0.6 is 0 Å². The van der Waals surface area contributed by atoms with Crippen molar-refractivity contribution in [3.05, 3.63) is 65.4 Å². The van der Waals surface area contributed by atoms with Gasteiger partial charge in [-0.1, -0.05) is 6.07 Å². The van der Waals surface area contributed by atoms with Crippen molar-refractivity contribution in [1.29, 1.82) is 0 Å². The summed E-state index contributed by atoms with van der Waals surface area (Å²) in [7, 11) is -2.94. The highest BCUT2D eigenvalue weighted by atomic mass is 32.2. The van der Waals surface area contributed by atoms with Gasteiger partial charge in [-0.25, -0.2) is 8.42 Å². The highest BCUT2D eigenvalue weighted by Gasteiger charge is 2.22. The average Bonchev–Trinajstić information content (AvgIpc) is 3.66. The van der Waals surface area contributed by atoms with Crippen molar-refractivity contribution in [3.8, 4) is 5.75 Å². The van der Waals surface area contributed by atoms with Gasteiger partial charge in [0.25, 0.3) is 5.91 Å². The van der Waals surface area contributed by atoms with Gasteiger partial charge in [-0.05, 0) is 93.1 Å². The standard InChI is InChI=1S/C27H33N3O4S/c1-18-25(30-27(31)21-7-10-24(11-8-21)34-17-20-5-6-20)12-9-22-15-23(16-29-26(18)22)19(2)28-13-4-14-35(3,32)33/h7-12,15-16,19-20,28H,4-6,13-14,17H2,1-3H3,(H,30,31). The summed E-state index contributed by atoms with van der Waals surface area (Å²) in [5, 5.41) is 7.34. The van der Waals surface area contributed by atoms with E-state index < -0.39 is 9.84 Å². The SMILES string of the molecule is Cc1c(NC(=O)c2ccc(OCC3CC3)cc2)ccc2cc(C(C)NCCCS(C)(=O)=O)cnc12. The lowest BCUT2D eigenvalue weighted by atomic mass is 10.0. The number of fused-ring (bicyclic) bond motifs is 1. The number of ether oxygens (including phenoxy) is 1. The van der Waals surface area contributed by atoms with Gasteiger partial charge in [-0.3, -0.25) is 9.78 Å². The second-order valence-corrected chi connectivity index (χ2v) is 11.7. The van der Waals surface area contributed by atoms with Crippen molar-refractivity contribution in [2.45, 2.75) is 39.2 Å². The topological polar surface area (TPSA) is 97.4 Å². The molecule has 1 atom stereocenters. The van der Waals surface area contributed by atoms with Crippen LogP contribution < -0.4 is 15.4 Å². The molecular weight excluding hydrogens is 462 g/mol. The normalized spacial score (nSPS) is 14.6. The summed E-state index contributed by atoms with van der Waals surface area (Å²) in [6.07, 6.45) is 6.14. The van der Waals surface area contributed by atoms with Crippen LogP contribution in [0.25, 0.3) is 10.9 Å². The first-order valence-electron chi connectivity index (χ1n) is 12.0. The zero-order chi connectivity index (χ0) is 25.0. The molecule has 35 heavy (non-hydrogen) atoms. The molecule has 0 bridgehead atoms. The number of nitrogens with one attached hydrogen (secondary N) is 2. The second kappa shape index (κ2) is 10.7. The Morgan fingerprint density at radius 1 is 1.17 bits per heavy atom. The summed E-state index contributed by atoms with van der Waals surface area (Å²) in [4.78, 5) is 17.5. The van der Waals surface area contributed by atoms with E-state index in [4.69, 9.17) is 4.74 Å². The molecule has 7 nitrogen and oxygen atoms in total. The van der Waals surface area contributed by atoms with Crippen molar-refractivity contribution in [2.75, 3.05) is 30.5 Å². The number of aromatic nitrogens is 1. The number of nitrogens with zero attached hydrogens (tertiary/aromatic N) is 1. The molecule has 4 rings (SSSR count). The van der Waals surface area contributed by atoms with Crippen molar-refractivity contribution in [2.24, 2.45) is 5.92 Å². The van der Waals surface area contributed by atoms with Gasteiger partial charge in [-0.2, -0.15) is 0 Å². The fourth-order valence-electron chi connectivity index (χ4n) is 3.90. The molecule has 1 heterocycles. The maximum atomic E-state index is 12.8. The van der Waals surface area contributed by atoms with Gasteiger partial charge in [0.05, 0.1) is 17.9 Å².